The zero-order valence-electron chi connectivity index (χ0n) is 31.4. The van der Waals surface area contributed by atoms with E-state index in [1.54, 1.807) is 12.1 Å². The predicted octanol–water partition coefficient (Wildman–Crippen LogP) is 7.36. The SMILES string of the molecule is CN(CCc1ccccn1)C[C@H]1C[C@@H](c2ccc(CO)cc2)O[C@@H](c2cccc(-c3cccc(CNC(=O)CCCCC(=O)Nc4ccccc4N)c3)c2)O1. The highest BCUT2D eigenvalue weighted by atomic mass is 16.7. The van der Waals surface area contributed by atoms with Crippen LogP contribution < -0.4 is 16.4 Å². The fourth-order valence-electron chi connectivity index (χ4n) is 6.73. The number of nitrogens with one attached hydrogen (secondary N) is 2. The maximum Gasteiger partial charge on any atom is 0.224 e. The standard InChI is InChI=1S/C45H51N5O5/c1-50(25-23-38-14-6-7-24-47-38)30-39-28-42(34-21-19-32(31-51)20-22-34)55-45(54-39)37-13-9-12-36(27-37)35-11-8-10-33(26-35)29-48-43(52)17-4-5-18-44(53)49-41-16-3-2-15-40(41)46/h2-3,6-16,19-22,24,26-27,39,42,45,51H,4-5,17-18,23,25,28-31,46H2,1H3,(H,48,52)(H,49,53)/t39-,42+,45+/m1/s1. The first-order valence-electron chi connectivity index (χ1n) is 19.0. The monoisotopic (exact) mass is 741 g/mol. The molecule has 4 aromatic carbocycles. The van der Waals surface area contributed by atoms with Gasteiger partial charge >= 0.3 is 0 Å². The van der Waals surface area contributed by atoms with Crippen molar-refractivity contribution in [1.82, 2.24) is 15.2 Å². The molecule has 2 amide bonds. The molecule has 0 bridgehead atoms. The number of ether oxygens (including phenoxy) is 2. The number of aliphatic hydroxyl groups excluding tert-OH is 1. The quantitative estimate of drug-likeness (QED) is 0.0573. The van der Waals surface area contributed by atoms with Gasteiger partial charge in [0, 0.05) is 62.8 Å². The van der Waals surface area contributed by atoms with Crippen LogP contribution in [0.1, 0.15) is 72.4 Å². The lowest BCUT2D eigenvalue weighted by molar-refractivity contribution is -0.252. The first-order valence-corrected chi connectivity index (χ1v) is 19.0. The summed E-state index contributed by atoms with van der Waals surface area (Å²) in [6, 6.07) is 37.5. The normalized spacial score (nSPS) is 16.8. The van der Waals surface area contributed by atoms with Crippen LogP contribution in [-0.4, -0.2) is 53.0 Å². The van der Waals surface area contributed by atoms with E-state index in [4.69, 9.17) is 15.2 Å². The molecule has 286 valence electrons. The van der Waals surface area contributed by atoms with Crippen molar-refractivity contribution in [1.29, 1.82) is 0 Å². The minimum atomic E-state index is -0.574. The van der Waals surface area contributed by atoms with Crippen LogP contribution in [0.4, 0.5) is 11.4 Å². The number of likely N-dealkylation sites (N-methyl/N-ethyl adjacent to an activating group) is 1. The van der Waals surface area contributed by atoms with Crippen LogP contribution in [0, 0.1) is 0 Å². The van der Waals surface area contributed by atoms with Crippen LogP contribution in [0.5, 0.6) is 0 Å². The topological polar surface area (TPSA) is 139 Å². The van der Waals surface area contributed by atoms with Gasteiger partial charge in [-0.2, -0.15) is 0 Å². The molecule has 10 nitrogen and oxygen atoms in total. The van der Waals surface area contributed by atoms with Crippen LogP contribution in [-0.2, 0) is 38.6 Å². The minimum absolute atomic E-state index is 0.00438. The fourth-order valence-corrected chi connectivity index (χ4v) is 6.73. The summed E-state index contributed by atoms with van der Waals surface area (Å²) in [6.45, 7) is 2.00. The number of nitrogens with zero attached hydrogens (tertiary/aromatic N) is 2. The first-order chi connectivity index (χ1) is 26.8. The van der Waals surface area contributed by atoms with Crippen molar-refractivity contribution >= 4 is 23.2 Å². The number of nitrogen functional groups attached to an aromatic ring is 1. The van der Waals surface area contributed by atoms with Gasteiger partial charge in [0.15, 0.2) is 6.29 Å². The molecule has 0 saturated carbocycles. The second kappa shape index (κ2) is 19.8. The Morgan fingerprint density at radius 1 is 0.818 bits per heavy atom. The molecule has 10 heteroatoms. The molecule has 1 aliphatic heterocycles. The van der Waals surface area contributed by atoms with Gasteiger partial charge in [-0.25, -0.2) is 0 Å². The van der Waals surface area contributed by atoms with Gasteiger partial charge in [-0.05, 0) is 84.1 Å². The molecule has 1 saturated heterocycles. The van der Waals surface area contributed by atoms with Gasteiger partial charge in [0.2, 0.25) is 11.8 Å². The van der Waals surface area contributed by atoms with Crippen molar-refractivity contribution in [2.75, 3.05) is 31.2 Å². The van der Waals surface area contributed by atoms with Crippen molar-refractivity contribution in [3.05, 3.63) is 149 Å². The Bertz CT molecular complexity index is 1990. The number of aromatic nitrogens is 1. The number of unbranched alkanes of at least 4 members (excludes halogenated alkanes) is 1. The van der Waals surface area contributed by atoms with E-state index in [1.807, 2.05) is 79.0 Å². The van der Waals surface area contributed by atoms with E-state index >= 15 is 0 Å². The number of nitrogens with two attached hydrogens (primary N) is 1. The van der Waals surface area contributed by atoms with Gasteiger partial charge in [0.05, 0.1) is 30.2 Å². The van der Waals surface area contributed by atoms with E-state index in [0.29, 0.717) is 50.0 Å². The number of hydrogen-bond donors (Lipinski definition) is 4. The Hall–Kier alpha value is -5.39. The number of amides is 2. The lowest BCUT2D eigenvalue weighted by Gasteiger charge is -2.38. The molecule has 0 radical (unpaired) electrons. The largest absolute Gasteiger partial charge is 0.397 e. The molecule has 3 atom stereocenters. The summed E-state index contributed by atoms with van der Waals surface area (Å²) in [5.41, 5.74) is 14.0. The molecule has 55 heavy (non-hydrogen) atoms. The molecule has 0 unspecified atom stereocenters. The van der Waals surface area contributed by atoms with Crippen molar-refractivity contribution in [3.8, 4) is 11.1 Å². The minimum Gasteiger partial charge on any atom is -0.397 e. The van der Waals surface area contributed by atoms with E-state index < -0.39 is 6.29 Å². The Labute approximate surface area is 323 Å². The second-order valence-electron chi connectivity index (χ2n) is 14.1. The van der Waals surface area contributed by atoms with Gasteiger partial charge in [-0.15, -0.1) is 0 Å². The molecule has 0 aliphatic carbocycles. The highest BCUT2D eigenvalue weighted by molar-refractivity contribution is 5.93. The molecule has 0 spiro atoms. The molecular formula is C45H51N5O5. The Morgan fingerprint density at radius 3 is 2.33 bits per heavy atom. The zero-order chi connectivity index (χ0) is 38.4. The number of hydrogen-bond acceptors (Lipinski definition) is 8. The molecular weight excluding hydrogens is 691 g/mol. The molecule has 6 rings (SSSR count). The number of anilines is 2. The molecule has 5 N–H and O–H groups in total. The van der Waals surface area contributed by atoms with Gasteiger partial charge in [0.25, 0.3) is 0 Å². The Kier molecular flexibility index (Phi) is 14.1. The molecule has 2 heterocycles. The Morgan fingerprint density at radius 2 is 1.56 bits per heavy atom. The smallest absolute Gasteiger partial charge is 0.224 e. The van der Waals surface area contributed by atoms with E-state index in [9.17, 15) is 14.7 Å². The zero-order valence-corrected chi connectivity index (χ0v) is 31.4. The number of pyridine rings is 1. The van der Waals surface area contributed by atoms with Crippen molar-refractivity contribution < 1.29 is 24.2 Å². The summed E-state index contributed by atoms with van der Waals surface area (Å²) in [5, 5.41) is 15.4. The van der Waals surface area contributed by atoms with Crippen LogP contribution >= 0.6 is 0 Å². The van der Waals surface area contributed by atoms with Crippen molar-refractivity contribution in [2.45, 2.75) is 70.2 Å². The molecule has 1 aliphatic rings. The number of carbonyl (C=O) groups is 2. The highest BCUT2D eigenvalue weighted by Crippen LogP contribution is 2.39. The highest BCUT2D eigenvalue weighted by Gasteiger charge is 2.33. The van der Waals surface area contributed by atoms with Crippen LogP contribution in [0.15, 0.2) is 121 Å². The van der Waals surface area contributed by atoms with Crippen molar-refractivity contribution in [2.24, 2.45) is 0 Å². The maximum atomic E-state index is 12.7. The van der Waals surface area contributed by atoms with E-state index in [0.717, 1.165) is 58.6 Å². The lowest BCUT2D eigenvalue weighted by Crippen LogP contribution is -2.38. The summed E-state index contributed by atoms with van der Waals surface area (Å²) in [6.07, 6.45) is 4.44. The van der Waals surface area contributed by atoms with E-state index in [-0.39, 0.29) is 30.6 Å². The molecule has 1 fully saturated rings. The third-order valence-electron chi connectivity index (χ3n) is 9.81. The summed E-state index contributed by atoms with van der Waals surface area (Å²) in [5.74, 6) is -0.168. The third-order valence-corrected chi connectivity index (χ3v) is 9.81. The van der Waals surface area contributed by atoms with Crippen LogP contribution in [0.2, 0.25) is 0 Å². The van der Waals surface area contributed by atoms with Crippen molar-refractivity contribution in [3.63, 3.8) is 0 Å². The summed E-state index contributed by atoms with van der Waals surface area (Å²) in [4.78, 5) is 31.7. The fraction of sp³-hybridized carbons (Fsp3) is 0.311. The first kappa shape index (κ1) is 39.3. The average Bonchev–Trinajstić information content (AvgIpc) is 3.22. The van der Waals surface area contributed by atoms with Crippen LogP contribution in [0.3, 0.4) is 0 Å². The molecule has 1 aromatic heterocycles. The number of benzene rings is 4. The summed E-state index contributed by atoms with van der Waals surface area (Å²) < 4.78 is 13.3. The maximum absolute atomic E-state index is 12.7. The second-order valence-corrected chi connectivity index (χ2v) is 14.1. The number of rotatable bonds is 17. The lowest BCUT2D eigenvalue weighted by atomic mass is 9.98. The molecule has 5 aromatic rings. The Balaban J connectivity index is 1.05. The van der Waals surface area contributed by atoms with Gasteiger partial charge in [-0.3, -0.25) is 14.6 Å². The number of para-hydroxylation sites is 2. The number of aliphatic hydroxyl groups is 1. The van der Waals surface area contributed by atoms with Gasteiger partial charge < -0.3 is 35.8 Å². The average molecular weight is 742 g/mol. The summed E-state index contributed by atoms with van der Waals surface area (Å²) >= 11 is 0. The number of carbonyl (C=O) groups excluding carboxylic acids is 2. The predicted molar refractivity (Wildman–Crippen MR) is 216 cm³/mol. The third kappa shape index (κ3) is 11.8. The van der Waals surface area contributed by atoms with Gasteiger partial charge in [-0.1, -0.05) is 78.9 Å². The van der Waals surface area contributed by atoms with Crippen LogP contribution in [0.25, 0.3) is 11.1 Å². The van der Waals surface area contributed by atoms with Gasteiger partial charge in [0.1, 0.15) is 0 Å². The van der Waals surface area contributed by atoms with E-state index in [1.165, 1.54) is 0 Å². The van der Waals surface area contributed by atoms with E-state index in [2.05, 4.69) is 57.9 Å². The summed E-state index contributed by atoms with van der Waals surface area (Å²) in [7, 11) is 2.11.